The van der Waals surface area contributed by atoms with Crippen LogP contribution in [0.3, 0.4) is 0 Å². The maximum Gasteiger partial charge on any atom is 0.251 e. The van der Waals surface area contributed by atoms with Gasteiger partial charge in [-0.15, -0.1) is 0 Å². The number of hydrogen-bond donors (Lipinski definition) is 1. The highest BCUT2D eigenvalue weighted by Gasteiger charge is 2.11. The SMILES string of the molecule is Cc1ccc(OCCCCn2c(CCCNC(=O)c3cccc(C)c3)nc3ccccc32)cc1. The first-order valence-electron chi connectivity index (χ1n) is 12.1. The molecule has 0 aliphatic carbocycles. The zero-order valence-electron chi connectivity index (χ0n) is 20.1. The highest BCUT2D eigenvalue weighted by Crippen LogP contribution is 2.18. The molecule has 0 spiro atoms. The zero-order chi connectivity index (χ0) is 23.8. The molecule has 1 heterocycles. The average molecular weight is 456 g/mol. The molecule has 0 saturated carbocycles. The van der Waals surface area contributed by atoms with Crippen molar-refractivity contribution in [2.75, 3.05) is 13.2 Å². The number of rotatable bonds is 11. The van der Waals surface area contributed by atoms with Crippen molar-refractivity contribution in [1.29, 1.82) is 0 Å². The summed E-state index contributed by atoms with van der Waals surface area (Å²) in [5, 5.41) is 3.04. The summed E-state index contributed by atoms with van der Waals surface area (Å²) in [4.78, 5) is 17.3. The van der Waals surface area contributed by atoms with E-state index in [2.05, 4.69) is 47.1 Å². The van der Waals surface area contributed by atoms with Crippen LogP contribution in [0, 0.1) is 13.8 Å². The van der Waals surface area contributed by atoms with Gasteiger partial charge in [0.2, 0.25) is 0 Å². The number of imidazole rings is 1. The Morgan fingerprint density at radius 3 is 2.56 bits per heavy atom. The first kappa shape index (κ1) is 23.6. The van der Waals surface area contributed by atoms with Gasteiger partial charge < -0.3 is 14.6 Å². The summed E-state index contributed by atoms with van der Waals surface area (Å²) in [7, 11) is 0. The molecule has 0 atom stereocenters. The van der Waals surface area contributed by atoms with E-state index in [9.17, 15) is 4.79 Å². The van der Waals surface area contributed by atoms with E-state index in [4.69, 9.17) is 9.72 Å². The lowest BCUT2D eigenvalue weighted by molar-refractivity contribution is 0.0953. The minimum atomic E-state index is -0.0224. The van der Waals surface area contributed by atoms with Gasteiger partial charge in [-0.1, -0.05) is 47.5 Å². The van der Waals surface area contributed by atoms with E-state index in [-0.39, 0.29) is 5.91 Å². The summed E-state index contributed by atoms with van der Waals surface area (Å²) in [6.07, 6.45) is 3.66. The number of aryl methyl sites for hydroxylation is 4. The van der Waals surface area contributed by atoms with Crippen LogP contribution in [0.1, 0.15) is 46.6 Å². The van der Waals surface area contributed by atoms with Crippen LogP contribution in [0.5, 0.6) is 5.75 Å². The number of carbonyl (C=O) groups excluding carboxylic acids is 1. The van der Waals surface area contributed by atoms with Crippen molar-refractivity contribution >= 4 is 16.9 Å². The first-order valence-corrected chi connectivity index (χ1v) is 12.1. The van der Waals surface area contributed by atoms with E-state index in [1.165, 1.54) is 11.1 Å². The standard InChI is InChI=1S/C29H33N3O2/c1-22-14-16-25(17-15-22)34-20-6-5-19-32-27-12-4-3-11-26(27)31-28(32)13-8-18-30-29(33)24-10-7-9-23(2)21-24/h3-4,7,9-12,14-17,21H,5-6,8,13,18-20H2,1-2H3,(H,30,33). The van der Waals surface area contributed by atoms with Gasteiger partial charge >= 0.3 is 0 Å². The number of unbranched alkanes of at least 4 members (excludes halogenated alkanes) is 1. The topological polar surface area (TPSA) is 56.1 Å². The van der Waals surface area contributed by atoms with Crippen LogP contribution in [0.2, 0.25) is 0 Å². The molecule has 0 fully saturated rings. The summed E-state index contributed by atoms with van der Waals surface area (Å²) < 4.78 is 8.20. The van der Waals surface area contributed by atoms with Gasteiger partial charge in [-0.2, -0.15) is 0 Å². The van der Waals surface area contributed by atoms with Crippen LogP contribution >= 0.6 is 0 Å². The Kier molecular flexibility index (Phi) is 7.97. The molecule has 5 nitrogen and oxygen atoms in total. The van der Waals surface area contributed by atoms with Gasteiger partial charge in [0, 0.05) is 25.1 Å². The van der Waals surface area contributed by atoms with Gasteiger partial charge in [-0.25, -0.2) is 4.98 Å². The second-order valence-corrected chi connectivity index (χ2v) is 8.77. The Bertz CT molecular complexity index is 1230. The number of nitrogens with zero attached hydrogens (tertiary/aromatic N) is 2. The number of benzene rings is 3. The molecule has 0 aliphatic rings. The predicted octanol–water partition coefficient (Wildman–Crippen LogP) is 5.87. The zero-order valence-corrected chi connectivity index (χ0v) is 20.1. The molecule has 176 valence electrons. The average Bonchev–Trinajstić information content (AvgIpc) is 3.20. The Hall–Kier alpha value is -3.60. The first-order chi connectivity index (χ1) is 16.6. The van der Waals surface area contributed by atoms with Crippen molar-refractivity contribution in [3.8, 4) is 5.75 Å². The van der Waals surface area contributed by atoms with Gasteiger partial charge in [0.15, 0.2) is 0 Å². The fraction of sp³-hybridized carbons (Fsp3) is 0.310. The van der Waals surface area contributed by atoms with Crippen molar-refractivity contribution in [3.63, 3.8) is 0 Å². The van der Waals surface area contributed by atoms with Crippen LogP contribution in [-0.2, 0) is 13.0 Å². The van der Waals surface area contributed by atoms with Crippen LogP contribution in [0.4, 0.5) is 0 Å². The molecule has 0 saturated heterocycles. The molecule has 4 aromatic rings. The third kappa shape index (κ3) is 6.25. The molecule has 4 rings (SSSR count). The Morgan fingerprint density at radius 2 is 1.74 bits per heavy atom. The Balaban J connectivity index is 1.29. The van der Waals surface area contributed by atoms with Crippen molar-refractivity contribution in [2.24, 2.45) is 0 Å². The number of para-hydroxylation sites is 2. The van der Waals surface area contributed by atoms with Crippen LogP contribution in [0.25, 0.3) is 11.0 Å². The van der Waals surface area contributed by atoms with E-state index in [0.717, 1.165) is 54.9 Å². The van der Waals surface area contributed by atoms with Crippen LogP contribution < -0.4 is 10.1 Å². The lowest BCUT2D eigenvalue weighted by Gasteiger charge is -2.11. The molecule has 0 bridgehead atoms. The monoisotopic (exact) mass is 455 g/mol. The highest BCUT2D eigenvalue weighted by atomic mass is 16.5. The molecule has 5 heteroatoms. The number of hydrogen-bond acceptors (Lipinski definition) is 3. The van der Waals surface area contributed by atoms with Crippen molar-refractivity contribution in [2.45, 2.75) is 46.1 Å². The second-order valence-electron chi connectivity index (χ2n) is 8.77. The lowest BCUT2D eigenvalue weighted by atomic mass is 10.1. The van der Waals surface area contributed by atoms with E-state index >= 15 is 0 Å². The highest BCUT2D eigenvalue weighted by molar-refractivity contribution is 5.94. The van der Waals surface area contributed by atoms with Gasteiger partial charge in [0.25, 0.3) is 5.91 Å². The smallest absolute Gasteiger partial charge is 0.251 e. The number of aromatic nitrogens is 2. The molecule has 1 N–H and O–H groups in total. The Labute approximate surface area is 201 Å². The molecule has 1 aromatic heterocycles. The van der Waals surface area contributed by atoms with Crippen molar-refractivity contribution in [3.05, 3.63) is 95.3 Å². The maximum absolute atomic E-state index is 12.4. The van der Waals surface area contributed by atoms with Crippen molar-refractivity contribution in [1.82, 2.24) is 14.9 Å². The van der Waals surface area contributed by atoms with E-state index in [0.29, 0.717) is 18.7 Å². The van der Waals surface area contributed by atoms with E-state index < -0.39 is 0 Å². The Morgan fingerprint density at radius 1 is 0.912 bits per heavy atom. The number of fused-ring (bicyclic) bond motifs is 1. The minimum absolute atomic E-state index is 0.0224. The summed E-state index contributed by atoms with van der Waals surface area (Å²) >= 11 is 0. The summed E-state index contributed by atoms with van der Waals surface area (Å²) in [5.41, 5.74) is 5.23. The van der Waals surface area contributed by atoms with Gasteiger partial charge in [-0.3, -0.25) is 4.79 Å². The number of amides is 1. The maximum atomic E-state index is 12.4. The normalized spacial score (nSPS) is 11.0. The molecule has 1 amide bonds. The minimum Gasteiger partial charge on any atom is -0.494 e. The molecule has 3 aromatic carbocycles. The van der Waals surface area contributed by atoms with E-state index in [1.54, 1.807) is 0 Å². The lowest BCUT2D eigenvalue weighted by Crippen LogP contribution is -2.25. The predicted molar refractivity (Wildman–Crippen MR) is 137 cm³/mol. The second kappa shape index (κ2) is 11.5. The number of carbonyl (C=O) groups is 1. The summed E-state index contributed by atoms with van der Waals surface area (Å²) in [6, 6.07) is 24.2. The van der Waals surface area contributed by atoms with Gasteiger partial charge in [-0.05, 0) is 69.5 Å². The summed E-state index contributed by atoms with van der Waals surface area (Å²) in [6.45, 7) is 6.31. The molecule has 34 heavy (non-hydrogen) atoms. The quantitative estimate of drug-likeness (QED) is 0.288. The molecule has 0 unspecified atom stereocenters. The number of nitrogens with one attached hydrogen (secondary N) is 1. The van der Waals surface area contributed by atoms with Gasteiger partial charge in [0.05, 0.1) is 17.6 Å². The fourth-order valence-corrected chi connectivity index (χ4v) is 4.10. The summed E-state index contributed by atoms with van der Waals surface area (Å²) in [5.74, 6) is 1.98. The van der Waals surface area contributed by atoms with Gasteiger partial charge in [0.1, 0.15) is 11.6 Å². The van der Waals surface area contributed by atoms with Crippen LogP contribution in [0.15, 0.2) is 72.8 Å². The third-order valence-corrected chi connectivity index (χ3v) is 5.94. The largest absolute Gasteiger partial charge is 0.494 e. The molecule has 0 aliphatic heterocycles. The van der Waals surface area contributed by atoms with E-state index in [1.807, 2.05) is 49.4 Å². The molecular weight excluding hydrogens is 422 g/mol. The van der Waals surface area contributed by atoms with Crippen molar-refractivity contribution < 1.29 is 9.53 Å². The fourth-order valence-electron chi connectivity index (χ4n) is 4.10. The van der Waals surface area contributed by atoms with Crippen LogP contribution in [-0.4, -0.2) is 28.6 Å². The number of ether oxygens (including phenoxy) is 1. The third-order valence-electron chi connectivity index (χ3n) is 5.94. The molecule has 0 radical (unpaired) electrons. The molecular formula is C29H33N3O2.